The van der Waals surface area contributed by atoms with Crippen molar-refractivity contribution in [3.63, 3.8) is 0 Å². The maximum atomic E-state index is 6.24. The summed E-state index contributed by atoms with van der Waals surface area (Å²) in [5, 5.41) is 0.999. The Kier molecular flexibility index (Phi) is 4.37. The summed E-state index contributed by atoms with van der Waals surface area (Å²) < 4.78 is 11.7. The van der Waals surface area contributed by atoms with Crippen LogP contribution >= 0.6 is 0 Å². The van der Waals surface area contributed by atoms with Gasteiger partial charge in [-0.15, -0.1) is 0 Å². The van der Waals surface area contributed by atoms with E-state index in [9.17, 15) is 0 Å². The van der Waals surface area contributed by atoms with Crippen LogP contribution in [0.25, 0.3) is 22.1 Å². The molecule has 3 heterocycles. The Labute approximate surface area is 164 Å². The molecule has 5 heteroatoms. The van der Waals surface area contributed by atoms with E-state index in [1.807, 2.05) is 24.4 Å². The van der Waals surface area contributed by atoms with Crippen LogP contribution in [0.5, 0.6) is 5.75 Å². The Morgan fingerprint density at radius 3 is 2.54 bits per heavy atom. The number of aromatic nitrogens is 1. The van der Waals surface area contributed by atoms with Crippen molar-refractivity contribution in [2.24, 2.45) is 0 Å². The molecule has 0 aliphatic carbocycles. The highest BCUT2D eigenvalue weighted by atomic mass is 16.5. The second-order valence-corrected chi connectivity index (χ2v) is 7.20. The molecule has 0 atom stereocenters. The normalized spacial score (nSPS) is 15.4. The quantitative estimate of drug-likeness (QED) is 0.533. The van der Waals surface area contributed by atoms with Crippen LogP contribution in [0, 0.1) is 0 Å². The van der Waals surface area contributed by atoms with Gasteiger partial charge in [-0.1, -0.05) is 36.4 Å². The average Bonchev–Trinajstić information content (AvgIpc) is 3.14. The number of furan rings is 1. The fraction of sp³-hybridized carbons (Fsp3) is 0.261. The topological polar surface area (TPSA) is 41.7 Å². The van der Waals surface area contributed by atoms with Crippen molar-refractivity contribution in [3.05, 3.63) is 66.4 Å². The van der Waals surface area contributed by atoms with Crippen molar-refractivity contribution in [3.8, 4) is 5.75 Å². The van der Waals surface area contributed by atoms with E-state index in [2.05, 4.69) is 51.2 Å². The van der Waals surface area contributed by atoms with E-state index in [0.717, 1.165) is 66.2 Å². The summed E-state index contributed by atoms with van der Waals surface area (Å²) >= 11 is 0. The molecular formula is C23H23N3O2. The first kappa shape index (κ1) is 17.1. The SMILES string of the molecule is COc1cccc2c1oc1c(N3CCN(Cc4ccccc4)CC3)ccnc12. The summed E-state index contributed by atoms with van der Waals surface area (Å²) in [5.41, 5.74) is 4.99. The number of rotatable bonds is 4. The number of ether oxygens (including phenoxy) is 1. The molecule has 1 aliphatic heterocycles. The largest absolute Gasteiger partial charge is 0.493 e. The van der Waals surface area contributed by atoms with Crippen molar-refractivity contribution < 1.29 is 9.15 Å². The Bertz CT molecular complexity index is 1100. The third-order valence-electron chi connectivity index (χ3n) is 5.50. The highest BCUT2D eigenvalue weighted by molar-refractivity contribution is 6.08. The van der Waals surface area contributed by atoms with Crippen molar-refractivity contribution in [1.82, 2.24) is 9.88 Å². The van der Waals surface area contributed by atoms with Gasteiger partial charge in [0.1, 0.15) is 5.52 Å². The molecule has 2 aromatic carbocycles. The van der Waals surface area contributed by atoms with Crippen molar-refractivity contribution in [2.75, 3.05) is 38.2 Å². The number of piperazine rings is 1. The minimum absolute atomic E-state index is 0.745. The van der Waals surface area contributed by atoms with Crippen molar-refractivity contribution >= 4 is 27.8 Å². The van der Waals surface area contributed by atoms with Gasteiger partial charge < -0.3 is 14.1 Å². The molecule has 142 valence electrons. The predicted octanol–water partition coefficient (Wildman–Crippen LogP) is 4.31. The Hall–Kier alpha value is -3.05. The Balaban J connectivity index is 1.41. The number of para-hydroxylation sites is 1. The van der Waals surface area contributed by atoms with Gasteiger partial charge in [-0.2, -0.15) is 0 Å². The van der Waals surface area contributed by atoms with Crippen LogP contribution in [0.2, 0.25) is 0 Å². The number of benzene rings is 2. The number of nitrogens with zero attached hydrogens (tertiary/aromatic N) is 3. The predicted molar refractivity (Wildman–Crippen MR) is 112 cm³/mol. The minimum Gasteiger partial charge on any atom is -0.493 e. The number of hydrogen-bond acceptors (Lipinski definition) is 5. The monoisotopic (exact) mass is 373 g/mol. The van der Waals surface area contributed by atoms with Gasteiger partial charge >= 0.3 is 0 Å². The summed E-state index contributed by atoms with van der Waals surface area (Å²) in [5.74, 6) is 0.745. The smallest absolute Gasteiger partial charge is 0.179 e. The van der Waals surface area contributed by atoms with Gasteiger partial charge in [0.2, 0.25) is 0 Å². The zero-order chi connectivity index (χ0) is 18.9. The van der Waals surface area contributed by atoms with Crippen LogP contribution in [-0.2, 0) is 6.54 Å². The van der Waals surface area contributed by atoms with E-state index in [-0.39, 0.29) is 0 Å². The molecule has 5 rings (SSSR count). The molecule has 0 N–H and O–H groups in total. The van der Waals surface area contributed by atoms with E-state index in [0.29, 0.717) is 0 Å². The average molecular weight is 373 g/mol. The van der Waals surface area contributed by atoms with Crippen molar-refractivity contribution in [1.29, 1.82) is 0 Å². The summed E-state index contributed by atoms with van der Waals surface area (Å²) in [4.78, 5) is 9.49. The standard InChI is InChI=1S/C23H23N3O2/c1-27-20-9-5-8-18-21-23(28-22(18)20)19(10-11-24-21)26-14-12-25(13-15-26)16-17-6-3-2-4-7-17/h2-11H,12-16H2,1H3. The summed E-state index contributed by atoms with van der Waals surface area (Å²) in [6, 6.07) is 18.7. The molecule has 0 radical (unpaired) electrons. The first-order valence-corrected chi connectivity index (χ1v) is 9.69. The number of methoxy groups -OCH3 is 1. The molecule has 0 saturated carbocycles. The molecule has 0 amide bonds. The lowest BCUT2D eigenvalue weighted by Crippen LogP contribution is -2.46. The number of fused-ring (bicyclic) bond motifs is 3. The maximum absolute atomic E-state index is 6.24. The molecule has 0 unspecified atom stereocenters. The molecule has 5 nitrogen and oxygen atoms in total. The highest BCUT2D eigenvalue weighted by Gasteiger charge is 2.22. The van der Waals surface area contributed by atoms with Crippen LogP contribution in [0.3, 0.4) is 0 Å². The van der Waals surface area contributed by atoms with E-state index in [1.54, 1.807) is 7.11 Å². The molecule has 1 saturated heterocycles. The van der Waals surface area contributed by atoms with Crippen LogP contribution in [0.1, 0.15) is 5.56 Å². The molecule has 2 aromatic heterocycles. The second-order valence-electron chi connectivity index (χ2n) is 7.20. The van der Waals surface area contributed by atoms with E-state index >= 15 is 0 Å². The van der Waals surface area contributed by atoms with Gasteiger partial charge in [-0.3, -0.25) is 9.88 Å². The number of hydrogen-bond donors (Lipinski definition) is 0. The van der Waals surface area contributed by atoms with Gasteiger partial charge in [0, 0.05) is 38.9 Å². The minimum atomic E-state index is 0.745. The van der Waals surface area contributed by atoms with E-state index in [4.69, 9.17) is 9.15 Å². The molecule has 1 fully saturated rings. The molecule has 4 aromatic rings. The third-order valence-corrected chi connectivity index (χ3v) is 5.50. The molecule has 1 aliphatic rings. The van der Waals surface area contributed by atoms with E-state index in [1.165, 1.54) is 5.56 Å². The first-order valence-electron chi connectivity index (χ1n) is 9.69. The zero-order valence-corrected chi connectivity index (χ0v) is 16.0. The van der Waals surface area contributed by atoms with Crippen LogP contribution in [0.15, 0.2) is 65.2 Å². The zero-order valence-electron chi connectivity index (χ0n) is 16.0. The van der Waals surface area contributed by atoms with Crippen LogP contribution in [0.4, 0.5) is 5.69 Å². The van der Waals surface area contributed by atoms with Crippen molar-refractivity contribution in [2.45, 2.75) is 6.54 Å². The van der Waals surface area contributed by atoms with Gasteiger partial charge in [0.15, 0.2) is 16.9 Å². The van der Waals surface area contributed by atoms with Gasteiger partial charge in [-0.25, -0.2) is 0 Å². The summed E-state index contributed by atoms with van der Waals surface area (Å²) in [7, 11) is 1.67. The van der Waals surface area contributed by atoms with Crippen LogP contribution < -0.4 is 9.64 Å². The van der Waals surface area contributed by atoms with E-state index < -0.39 is 0 Å². The number of pyridine rings is 1. The van der Waals surface area contributed by atoms with Crippen LogP contribution in [-0.4, -0.2) is 43.2 Å². The van der Waals surface area contributed by atoms with Gasteiger partial charge in [-0.05, 0) is 23.8 Å². The second kappa shape index (κ2) is 7.17. The molecular weight excluding hydrogens is 350 g/mol. The fourth-order valence-electron chi connectivity index (χ4n) is 4.04. The molecule has 0 bridgehead atoms. The Morgan fingerprint density at radius 2 is 1.75 bits per heavy atom. The molecule has 0 spiro atoms. The number of anilines is 1. The Morgan fingerprint density at radius 1 is 0.929 bits per heavy atom. The van der Waals surface area contributed by atoms with Gasteiger partial charge in [0.25, 0.3) is 0 Å². The van der Waals surface area contributed by atoms with Gasteiger partial charge in [0.05, 0.1) is 18.2 Å². The lowest BCUT2D eigenvalue weighted by Gasteiger charge is -2.36. The third kappa shape index (κ3) is 2.98. The fourth-order valence-corrected chi connectivity index (χ4v) is 4.04. The lowest BCUT2D eigenvalue weighted by atomic mass is 10.2. The summed E-state index contributed by atoms with van der Waals surface area (Å²) in [6.45, 7) is 5.01. The summed E-state index contributed by atoms with van der Waals surface area (Å²) in [6.07, 6.45) is 1.88. The molecule has 28 heavy (non-hydrogen) atoms. The highest BCUT2D eigenvalue weighted by Crippen LogP contribution is 2.37. The maximum Gasteiger partial charge on any atom is 0.179 e. The lowest BCUT2D eigenvalue weighted by molar-refractivity contribution is 0.250. The first-order chi connectivity index (χ1) is 13.8.